The van der Waals surface area contributed by atoms with E-state index in [1.54, 1.807) is 0 Å². The Kier molecular flexibility index (Phi) is 3.28. The zero-order valence-corrected chi connectivity index (χ0v) is 6.55. The first-order valence-corrected chi connectivity index (χ1v) is 4.21. The molecule has 10 heavy (non-hydrogen) atoms. The zero-order valence-electron chi connectivity index (χ0n) is 6.55. The summed E-state index contributed by atoms with van der Waals surface area (Å²) in [5.74, 6) is 0.747. The second kappa shape index (κ2) is 4.32. The van der Waals surface area contributed by atoms with E-state index in [1.165, 1.54) is 32.1 Å². The van der Waals surface area contributed by atoms with Crippen molar-refractivity contribution in [3.63, 3.8) is 0 Å². The fourth-order valence-corrected chi connectivity index (χ4v) is 1.39. The molecule has 0 spiro atoms. The summed E-state index contributed by atoms with van der Waals surface area (Å²) in [4.78, 5) is 0. The van der Waals surface area contributed by atoms with Gasteiger partial charge in [0.2, 0.25) is 0 Å². The molecule has 0 heteroatoms. The summed E-state index contributed by atoms with van der Waals surface area (Å²) in [6, 6.07) is 0. The first-order chi connectivity index (χ1) is 4.93. The van der Waals surface area contributed by atoms with Crippen LogP contribution in [0.5, 0.6) is 0 Å². The SMILES string of the molecule is C=CC1CC=CCCCC1. The minimum atomic E-state index is 0.747. The minimum Gasteiger partial charge on any atom is -0.103 e. The van der Waals surface area contributed by atoms with Crippen molar-refractivity contribution in [1.82, 2.24) is 0 Å². The van der Waals surface area contributed by atoms with Gasteiger partial charge >= 0.3 is 0 Å². The van der Waals surface area contributed by atoms with Crippen LogP contribution in [-0.4, -0.2) is 0 Å². The van der Waals surface area contributed by atoms with E-state index >= 15 is 0 Å². The standard InChI is InChI=1S/C10H16/c1-2-10-8-6-4-3-5-7-9-10/h2,4,6,10H,1,3,5,7-9H2. The van der Waals surface area contributed by atoms with Gasteiger partial charge in [0, 0.05) is 0 Å². The zero-order chi connectivity index (χ0) is 7.23. The molecule has 0 amide bonds. The quantitative estimate of drug-likeness (QED) is 0.485. The van der Waals surface area contributed by atoms with Crippen molar-refractivity contribution in [2.24, 2.45) is 5.92 Å². The van der Waals surface area contributed by atoms with Gasteiger partial charge in [0.15, 0.2) is 0 Å². The molecular weight excluding hydrogens is 120 g/mol. The summed E-state index contributed by atoms with van der Waals surface area (Å²) < 4.78 is 0. The summed E-state index contributed by atoms with van der Waals surface area (Å²) in [6.45, 7) is 3.82. The molecule has 0 aromatic rings. The highest BCUT2D eigenvalue weighted by molar-refractivity contribution is 4.91. The van der Waals surface area contributed by atoms with Gasteiger partial charge in [0.1, 0.15) is 0 Å². The van der Waals surface area contributed by atoms with Gasteiger partial charge in [-0.3, -0.25) is 0 Å². The van der Waals surface area contributed by atoms with Gasteiger partial charge < -0.3 is 0 Å². The van der Waals surface area contributed by atoms with Crippen LogP contribution in [-0.2, 0) is 0 Å². The van der Waals surface area contributed by atoms with Gasteiger partial charge in [-0.2, -0.15) is 0 Å². The minimum absolute atomic E-state index is 0.747. The Labute approximate surface area is 63.6 Å². The van der Waals surface area contributed by atoms with Crippen molar-refractivity contribution in [2.45, 2.75) is 32.1 Å². The van der Waals surface area contributed by atoms with Crippen LogP contribution in [0.2, 0.25) is 0 Å². The van der Waals surface area contributed by atoms with Crippen LogP contribution in [0.25, 0.3) is 0 Å². The Morgan fingerprint density at radius 1 is 1.30 bits per heavy atom. The van der Waals surface area contributed by atoms with E-state index in [-0.39, 0.29) is 0 Å². The molecule has 56 valence electrons. The molecule has 1 atom stereocenters. The van der Waals surface area contributed by atoms with Gasteiger partial charge in [-0.25, -0.2) is 0 Å². The Balaban J connectivity index is 2.37. The maximum atomic E-state index is 3.82. The molecule has 1 unspecified atom stereocenters. The van der Waals surface area contributed by atoms with E-state index in [1.807, 2.05) is 0 Å². The Bertz CT molecular complexity index is 122. The molecule has 0 saturated carbocycles. The average Bonchev–Trinajstić information content (AvgIpc) is 1.87. The highest BCUT2D eigenvalue weighted by atomic mass is 14.1. The second-order valence-corrected chi connectivity index (χ2v) is 2.99. The van der Waals surface area contributed by atoms with Crippen LogP contribution in [0.15, 0.2) is 24.8 Å². The summed E-state index contributed by atoms with van der Waals surface area (Å²) in [7, 11) is 0. The van der Waals surface area contributed by atoms with Crippen LogP contribution in [0.4, 0.5) is 0 Å². The summed E-state index contributed by atoms with van der Waals surface area (Å²) in [5.41, 5.74) is 0. The topological polar surface area (TPSA) is 0 Å². The molecule has 1 aliphatic carbocycles. The van der Waals surface area contributed by atoms with Crippen molar-refractivity contribution in [1.29, 1.82) is 0 Å². The molecule has 0 heterocycles. The van der Waals surface area contributed by atoms with Crippen molar-refractivity contribution < 1.29 is 0 Å². The average molecular weight is 136 g/mol. The van der Waals surface area contributed by atoms with Crippen molar-refractivity contribution in [2.75, 3.05) is 0 Å². The first-order valence-electron chi connectivity index (χ1n) is 4.21. The van der Waals surface area contributed by atoms with Crippen molar-refractivity contribution >= 4 is 0 Å². The fraction of sp³-hybridized carbons (Fsp3) is 0.600. The Morgan fingerprint density at radius 3 is 3.00 bits per heavy atom. The molecule has 0 aliphatic heterocycles. The van der Waals surface area contributed by atoms with Crippen LogP contribution >= 0.6 is 0 Å². The van der Waals surface area contributed by atoms with Gasteiger partial charge in [-0.15, -0.1) is 6.58 Å². The van der Waals surface area contributed by atoms with E-state index in [0.717, 1.165) is 5.92 Å². The normalized spacial score (nSPS) is 27.0. The summed E-state index contributed by atoms with van der Waals surface area (Å²) in [5, 5.41) is 0. The van der Waals surface area contributed by atoms with E-state index in [0.29, 0.717) is 0 Å². The fourth-order valence-electron chi connectivity index (χ4n) is 1.39. The van der Waals surface area contributed by atoms with E-state index in [4.69, 9.17) is 0 Å². The molecule has 1 rings (SSSR count). The summed E-state index contributed by atoms with van der Waals surface area (Å²) in [6.07, 6.45) is 13.3. The lowest BCUT2D eigenvalue weighted by molar-refractivity contribution is 0.541. The van der Waals surface area contributed by atoms with Gasteiger partial charge in [0.25, 0.3) is 0 Å². The predicted molar refractivity (Wildman–Crippen MR) is 45.9 cm³/mol. The lowest BCUT2D eigenvalue weighted by atomic mass is 9.95. The van der Waals surface area contributed by atoms with Gasteiger partial charge in [0.05, 0.1) is 0 Å². The molecule has 1 aliphatic rings. The van der Waals surface area contributed by atoms with Crippen LogP contribution < -0.4 is 0 Å². The van der Waals surface area contributed by atoms with Gasteiger partial charge in [-0.05, 0) is 31.6 Å². The van der Waals surface area contributed by atoms with E-state index in [2.05, 4.69) is 24.8 Å². The van der Waals surface area contributed by atoms with Crippen LogP contribution in [0.1, 0.15) is 32.1 Å². The molecular formula is C10H16. The third-order valence-electron chi connectivity index (χ3n) is 2.13. The first kappa shape index (κ1) is 7.59. The highest BCUT2D eigenvalue weighted by Crippen LogP contribution is 2.18. The van der Waals surface area contributed by atoms with Crippen LogP contribution in [0.3, 0.4) is 0 Å². The highest BCUT2D eigenvalue weighted by Gasteiger charge is 2.02. The third kappa shape index (κ3) is 2.38. The molecule has 0 N–H and O–H groups in total. The lowest BCUT2D eigenvalue weighted by Gasteiger charge is -2.11. The smallest absolute Gasteiger partial charge is 0.0202 e. The molecule has 0 bridgehead atoms. The van der Waals surface area contributed by atoms with Crippen molar-refractivity contribution in [3.8, 4) is 0 Å². The Hall–Kier alpha value is -0.520. The number of allylic oxidation sites excluding steroid dienone is 3. The molecule has 0 aromatic heterocycles. The maximum Gasteiger partial charge on any atom is -0.0202 e. The van der Waals surface area contributed by atoms with E-state index in [9.17, 15) is 0 Å². The van der Waals surface area contributed by atoms with Crippen LogP contribution in [0, 0.1) is 5.92 Å². The molecule has 0 saturated heterocycles. The number of hydrogen-bond donors (Lipinski definition) is 0. The molecule has 0 nitrogen and oxygen atoms in total. The van der Waals surface area contributed by atoms with Gasteiger partial charge in [-0.1, -0.05) is 24.6 Å². The second-order valence-electron chi connectivity index (χ2n) is 2.99. The predicted octanol–water partition coefficient (Wildman–Crippen LogP) is 3.31. The number of hydrogen-bond acceptors (Lipinski definition) is 0. The molecule has 0 aromatic carbocycles. The largest absolute Gasteiger partial charge is 0.103 e. The number of rotatable bonds is 1. The monoisotopic (exact) mass is 136 g/mol. The lowest BCUT2D eigenvalue weighted by Crippen LogP contribution is -1.96. The Morgan fingerprint density at radius 2 is 2.20 bits per heavy atom. The van der Waals surface area contributed by atoms with E-state index < -0.39 is 0 Å². The third-order valence-corrected chi connectivity index (χ3v) is 2.13. The molecule has 0 fully saturated rings. The summed E-state index contributed by atoms with van der Waals surface area (Å²) >= 11 is 0. The maximum absolute atomic E-state index is 3.82. The molecule has 0 radical (unpaired) electrons. The van der Waals surface area contributed by atoms with Crippen molar-refractivity contribution in [3.05, 3.63) is 24.8 Å².